The monoisotopic (exact) mass is 437 g/mol. The molecule has 0 aromatic carbocycles. The van der Waals surface area contributed by atoms with Crippen molar-refractivity contribution in [1.29, 1.82) is 0 Å². The van der Waals surface area contributed by atoms with Gasteiger partial charge in [0.2, 0.25) is 0 Å². The highest BCUT2D eigenvalue weighted by atomic mass is 15.3. The van der Waals surface area contributed by atoms with Crippen molar-refractivity contribution in [3.63, 3.8) is 0 Å². The molecule has 0 radical (unpaired) electrons. The molecular weight excluding hydrogens is 382 g/mol. The van der Waals surface area contributed by atoms with E-state index in [4.69, 9.17) is 0 Å². The lowest BCUT2D eigenvalue weighted by Crippen LogP contribution is -2.53. The summed E-state index contributed by atoms with van der Waals surface area (Å²) in [7, 11) is 0. The molecule has 2 fully saturated rings. The van der Waals surface area contributed by atoms with E-state index >= 15 is 0 Å². The summed E-state index contributed by atoms with van der Waals surface area (Å²) >= 11 is 0. The van der Waals surface area contributed by atoms with E-state index in [1.54, 1.807) is 0 Å². The zero-order valence-corrected chi connectivity index (χ0v) is 21.3. The Hall–Kier alpha value is -0.200. The van der Waals surface area contributed by atoms with E-state index in [1.165, 1.54) is 136 Å². The number of hydrogen-bond donors (Lipinski definition) is 2. The van der Waals surface area contributed by atoms with E-state index in [9.17, 15) is 0 Å². The van der Waals surface area contributed by atoms with Gasteiger partial charge in [-0.25, -0.2) is 0 Å². The third-order valence-electron chi connectivity index (χ3n) is 7.45. The minimum Gasteiger partial charge on any atom is -0.302 e. The summed E-state index contributed by atoms with van der Waals surface area (Å²) in [6, 6.07) is 0. The second-order valence-corrected chi connectivity index (χ2v) is 10.1. The van der Waals surface area contributed by atoms with Crippen molar-refractivity contribution in [1.82, 2.24) is 25.3 Å². The SMILES string of the molecule is CCCCCCCCCCCCN(CCN1CCCNC1C)CCN1CCCNC1C. The molecule has 31 heavy (non-hydrogen) atoms. The van der Waals surface area contributed by atoms with Crippen LogP contribution in [0.25, 0.3) is 0 Å². The van der Waals surface area contributed by atoms with Gasteiger partial charge in [-0.15, -0.1) is 0 Å². The van der Waals surface area contributed by atoms with Gasteiger partial charge < -0.3 is 15.5 Å². The molecule has 5 heteroatoms. The van der Waals surface area contributed by atoms with Crippen molar-refractivity contribution in [2.75, 3.05) is 58.9 Å². The number of unbranched alkanes of at least 4 members (excludes halogenated alkanes) is 9. The maximum absolute atomic E-state index is 3.62. The molecule has 0 aromatic rings. The first-order valence-corrected chi connectivity index (χ1v) is 13.9. The first-order valence-electron chi connectivity index (χ1n) is 13.9. The molecule has 2 saturated heterocycles. The second kappa shape index (κ2) is 17.3. The van der Waals surface area contributed by atoms with E-state index in [1.807, 2.05) is 0 Å². The zero-order chi connectivity index (χ0) is 22.2. The maximum Gasteiger partial charge on any atom is 0.0568 e. The van der Waals surface area contributed by atoms with Crippen molar-refractivity contribution < 1.29 is 0 Å². The number of nitrogens with one attached hydrogen (secondary N) is 2. The summed E-state index contributed by atoms with van der Waals surface area (Å²) < 4.78 is 0. The van der Waals surface area contributed by atoms with Crippen LogP contribution in [-0.2, 0) is 0 Å². The van der Waals surface area contributed by atoms with E-state index in [-0.39, 0.29) is 0 Å². The minimum atomic E-state index is 0.541. The Labute approximate surface area is 194 Å². The topological polar surface area (TPSA) is 33.8 Å². The summed E-state index contributed by atoms with van der Waals surface area (Å²) in [6.07, 6.45) is 17.9. The molecule has 2 rings (SSSR count). The average Bonchev–Trinajstić information content (AvgIpc) is 2.78. The molecule has 5 nitrogen and oxygen atoms in total. The summed E-state index contributed by atoms with van der Waals surface area (Å²) in [5.41, 5.74) is 0. The lowest BCUT2D eigenvalue weighted by atomic mass is 10.1. The van der Waals surface area contributed by atoms with Gasteiger partial charge in [0, 0.05) is 39.3 Å². The van der Waals surface area contributed by atoms with Crippen LogP contribution in [0.5, 0.6) is 0 Å². The van der Waals surface area contributed by atoms with Gasteiger partial charge >= 0.3 is 0 Å². The third-order valence-corrected chi connectivity index (χ3v) is 7.45. The fourth-order valence-corrected chi connectivity index (χ4v) is 5.14. The quantitative estimate of drug-likeness (QED) is 0.328. The Morgan fingerprint density at radius 3 is 1.55 bits per heavy atom. The normalized spacial score (nSPS) is 23.6. The summed E-state index contributed by atoms with van der Waals surface area (Å²) in [5.74, 6) is 0. The molecule has 2 heterocycles. The molecule has 2 unspecified atom stereocenters. The lowest BCUT2D eigenvalue weighted by Gasteiger charge is -2.37. The molecule has 184 valence electrons. The minimum absolute atomic E-state index is 0.541. The van der Waals surface area contributed by atoms with Crippen molar-refractivity contribution in [2.24, 2.45) is 0 Å². The van der Waals surface area contributed by atoms with Crippen LogP contribution >= 0.6 is 0 Å². The van der Waals surface area contributed by atoms with Gasteiger partial charge in [0.1, 0.15) is 0 Å². The smallest absolute Gasteiger partial charge is 0.0568 e. The molecule has 0 bridgehead atoms. The fourth-order valence-electron chi connectivity index (χ4n) is 5.14. The van der Waals surface area contributed by atoms with Crippen LogP contribution < -0.4 is 10.6 Å². The largest absolute Gasteiger partial charge is 0.302 e. The predicted octanol–water partition coefficient (Wildman–Crippen LogP) is 4.49. The van der Waals surface area contributed by atoms with Gasteiger partial charge in [-0.2, -0.15) is 0 Å². The predicted molar refractivity (Wildman–Crippen MR) is 136 cm³/mol. The Morgan fingerprint density at radius 1 is 0.645 bits per heavy atom. The molecule has 2 aliphatic rings. The highest BCUT2D eigenvalue weighted by Crippen LogP contribution is 2.12. The molecule has 2 aliphatic heterocycles. The molecular formula is C26H55N5. The van der Waals surface area contributed by atoms with Crippen LogP contribution in [0.3, 0.4) is 0 Å². The van der Waals surface area contributed by atoms with Crippen molar-refractivity contribution in [2.45, 2.75) is 110 Å². The summed E-state index contributed by atoms with van der Waals surface area (Å²) in [5, 5.41) is 7.25. The van der Waals surface area contributed by atoms with Crippen LogP contribution in [0, 0.1) is 0 Å². The van der Waals surface area contributed by atoms with Gasteiger partial charge in [0.25, 0.3) is 0 Å². The highest BCUT2D eigenvalue weighted by Gasteiger charge is 2.20. The average molecular weight is 438 g/mol. The van der Waals surface area contributed by atoms with Crippen LogP contribution in [0.4, 0.5) is 0 Å². The van der Waals surface area contributed by atoms with E-state index in [2.05, 4.69) is 46.1 Å². The summed E-state index contributed by atoms with van der Waals surface area (Å²) in [4.78, 5) is 8.04. The molecule has 0 aromatic heterocycles. The molecule has 2 N–H and O–H groups in total. The van der Waals surface area contributed by atoms with Crippen molar-refractivity contribution in [3.05, 3.63) is 0 Å². The Kier molecular flexibility index (Phi) is 15.1. The zero-order valence-electron chi connectivity index (χ0n) is 21.3. The molecule has 0 spiro atoms. The Morgan fingerprint density at radius 2 is 1.10 bits per heavy atom. The first kappa shape index (κ1) is 27.0. The molecule has 2 atom stereocenters. The van der Waals surface area contributed by atoms with E-state index < -0.39 is 0 Å². The maximum atomic E-state index is 3.62. The Balaban J connectivity index is 1.63. The fraction of sp³-hybridized carbons (Fsp3) is 1.00. The second-order valence-electron chi connectivity index (χ2n) is 10.1. The third kappa shape index (κ3) is 12.0. The molecule has 0 amide bonds. The van der Waals surface area contributed by atoms with Crippen molar-refractivity contribution >= 4 is 0 Å². The van der Waals surface area contributed by atoms with Crippen molar-refractivity contribution in [3.8, 4) is 0 Å². The van der Waals surface area contributed by atoms with Crippen LogP contribution in [0.1, 0.15) is 97.8 Å². The number of hydrogen-bond acceptors (Lipinski definition) is 5. The van der Waals surface area contributed by atoms with Gasteiger partial charge in [-0.05, 0) is 52.7 Å². The number of nitrogens with zero attached hydrogens (tertiary/aromatic N) is 3. The van der Waals surface area contributed by atoms with E-state index in [0.717, 1.165) is 0 Å². The molecule has 0 saturated carbocycles. The first-order chi connectivity index (χ1) is 15.2. The van der Waals surface area contributed by atoms with Gasteiger partial charge in [0.15, 0.2) is 0 Å². The molecule has 0 aliphatic carbocycles. The van der Waals surface area contributed by atoms with Crippen LogP contribution in [0.15, 0.2) is 0 Å². The van der Waals surface area contributed by atoms with Crippen LogP contribution in [-0.4, -0.2) is 85.9 Å². The lowest BCUT2D eigenvalue weighted by molar-refractivity contribution is 0.0995. The standard InChI is InChI=1S/C26H55N5/c1-4-5-6-7-8-9-10-11-12-13-18-29(21-23-30-19-14-16-27-25(30)2)22-24-31-20-15-17-28-26(31)3/h25-28H,4-24H2,1-3H3. The highest BCUT2D eigenvalue weighted by molar-refractivity contribution is 4.76. The number of rotatable bonds is 17. The van der Waals surface area contributed by atoms with Crippen LogP contribution in [0.2, 0.25) is 0 Å². The van der Waals surface area contributed by atoms with Gasteiger partial charge in [-0.1, -0.05) is 64.7 Å². The van der Waals surface area contributed by atoms with Gasteiger partial charge in [0.05, 0.1) is 12.3 Å². The summed E-state index contributed by atoms with van der Waals surface area (Å²) in [6.45, 7) is 18.0. The van der Waals surface area contributed by atoms with E-state index in [0.29, 0.717) is 12.3 Å². The van der Waals surface area contributed by atoms with Gasteiger partial charge in [-0.3, -0.25) is 9.80 Å². The Bertz CT molecular complexity index is 393.